The first-order valence-electron chi connectivity index (χ1n) is 4.34. The molecule has 0 saturated heterocycles. The number of ether oxygens (including phenoxy) is 1. The summed E-state index contributed by atoms with van der Waals surface area (Å²) in [5.41, 5.74) is 5.38. The lowest BCUT2D eigenvalue weighted by Gasteiger charge is -2.01. The van der Waals surface area contributed by atoms with E-state index in [-0.39, 0.29) is 5.02 Å². The molecule has 4 nitrogen and oxygen atoms in total. The maximum absolute atomic E-state index is 13.1. The molecule has 0 saturated carbocycles. The van der Waals surface area contributed by atoms with Crippen molar-refractivity contribution in [2.24, 2.45) is 5.73 Å². The van der Waals surface area contributed by atoms with E-state index in [1.165, 1.54) is 23.5 Å². The van der Waals surface area contributed by atoms with Crippen molar-refractivity contribution in [2.45, 2.75) is 6.54 Å². The Balaban J connectivity index is 2.17. The van der Waals surface area contributed by atoms with E-state index in [9.17, 15) is 4.39 Å². The molecule has 2 N–H and O–H groups in total. The predicted octanol–water partition coefficient (Wildman–Crippen LogP) is 2.58. The Hall–Kier alpha value is -1.24. The van der Waals surface area contributed by atoms with Crippen LogP contribution in [0.25, 0.3) is 0 Å². The van der Waals surface area contributed by atoms with Crippen molar-refractivity contribution in [1.29, 1.82) is 0 Å². The molecule has 16 heavy (non-hydrogen) atoms. The average molecular weight is 260 g/mol. The van der Waals surface area contributed by atoms with Gasteiger partial charge in [0.15, 0.2) is 0 Å². The molecule has 0 bridgehead atoms. The third kappa shape index (κ3) is 2.46. The first-order valence-corrected chi connectivity index (χ1v) is 5.54. The van der Waals surface area contributed by atoms with Gasteiger partial charge in [-0.2, -0.15) is 0 Å². The molecule has 0 amide bonds. The normalized spacial score (nSPS) is 10.4. The SMILES string of the molecule is NCc1nnc(Oc2ccc(Cl)c(F)c2)s1. The zero-order valence-corrected chi connectivity index (χ0v) is 9.56. The Morgan fingerprint density at radius 2 is 2.25 bits per heavy atom. The zero-order chi connectivity index (χ0) is 11.5. The lowest BCUT2D eigenvalue weighted by molar-refractivity contribution is 0.468. The van der Waals surface area contributed by atoms with Crippen molar-refractivity contribution in [1.82, 2.24) is 10.2 Å². The van der Waals surface area contributed by atoms with E-state index in [2.05, 4.69) is 10.2 Å². The van der Waals surface area contributed by atoms with Crippen molar-refractivity contribution >= 4 is 22.9 Å². The minimum absolute atomic E-state index is 0.0484. The maximum atomic E-state index is 13.1. The fourth-order valence-electron chi connectivity index (χ4n) is 1.00. The Morgan fingerprint density at radius 3 is 2.88 bits per heavy atom. The summed E-state index contributed by atoms with van der Waals surface area (Å²) in [6.45, 7) is 0.302. The Morgan fingerprint density at radius 1 is 1.44 bits per heavy atom. The first kappa shape index (κ1) is 11.3. The molecular weight excluding hydrogens is 253 g/mol. The van der Waals surface area contributed by atoms with Crippen LogP contribution in [0.1, 0.15) is 5.01 Å². The molecule has 0 radical (unpaired) electrons. The van der Waals surface area contributed by atoms with E-state index in [4.69, 9.17) is 22.1 Å². The van der Waals surface area contributed by atoms with Gasteiger partial charge >= 0.3 is 0 Å². The number of benzene rings is 1. The number of hydrogen-bond donors (Lipinski definition) is 1. The van der Waals surface area contributed by atoms with Crippen LogP contribution in [0.5, 0.6) is 10.9 Å². The van der Waals surface area contributed by atoms with Gasteiger partial charge in [-0.1, -0.05) is 28.0 Å². The van der Waals surface area contributed by atoms with Gasteiger partial charge in [0.2, 0.25) is 0 Å². The van der Waals surface area contributed by atoms with Crippen molar-refractivity contribution in [2.75, 3.05) is 0 Å². The zero-order valence-electron chi connectivity index (χ0n) is 7.98. The van der Waals surface area contributed by atoms with Crippen LogP contribution in [0.4, 0.5) is 4.39 Å². The maximum Gasteiger partial charge on any atom is 0.299 e. The van der Waals surface area contributed by atoms with Crippen LogP contribution in [-0.4, -0.2) is 10.2 Å². The number of rotatable bonds is 3. The highest BCUT2D eigenvalue weighted by Gasteiger charge is 2.07. The van der Waals surface area contributed by atoms with Crippen LogP contribution in [0.2, 0.25) is 5.02 Å². The summed E-state index contributed by atoms with van der Waals surface area (Å²) in [5.74, 6) is -0.218. The van der Waals surface area contributed by atoms with Crippen LogP contribution in [0, 0.1) is 5.82 Å². The van der Waals surface area contributed by atoms with Crippen LogP contribution >= 0.6 is 22.9 Å². The smallest absolute Gasteiger partial charge is 0.299 e. The van der Waals surface area contributed by atoms with Gasteiger partial charge in [0.05, 0.1) is 5.02 Å². The van der Waals surface area contributed by atoms with Gasteiger partial charge in [-0.3, -0.25) is 0 Å². The van der Waals surface area contributed by atoms with Gasteiger partial charge in [0.1, 0.15) is 16.6 Å². The fraction of sp³-hybridized carbons (Fsp3) is 0.111. The second kappa shape index (κ2) is 4.73. The second-order valence-corrected chi connectivity index (χ2v) is 4.28. The molecule has 0 aliphatic carbocycles. The van der Waals surface area contributed by atoms with Gasteiger partial charge in [-0.05, 0) is 12.1 Å². The lowest BCUT2D eigenvalue weighted by atomic mass is 10.3. The predicted molar refractivity (Wildman–Crippen MR) is 59.3 cm³/mol. The molecular formula is C9H7ClFN3OS. The third-order valence-electron chi connectivity index (χ3n) is 1.72. The number of hydrogen-bond acceptors (Lipinski definition) is 5. The highest BCUT2D eigenvalue weighted by molar-refractivity contribution is 7.13. The van der Waals surface area contributed by atoms with E-state index in [1.54, 1.807) is 6.07 Å². The minimum Gasteiger partial charge on any atom is -0.430 e. The average Bonchev–Trinajstić information content (AvgIpc) is 2.71. The van der Waals surface area contributed by atoms with Gasteiger partial charge in [0, 0.05) is 12.6 Å². The number of nitrogens with zero attached hydrogens (tertiary/aromatic N) is 2. The summed E-state index contributed by atoms with van der Waals surface area (Å²) in [7, 11) is 0. The summed E-state index contributed by atoms with van der Waals surface area (Å²) in [6, 6.07) is 4.15. The molecule has 2 aromatic rings. The Labute approximate surface area is 99.8 Å². The highest BCUT2D eigenvalue weighted by atomic mass is 35.5. The fourth-order valence-corrected chi connectivity index (χ4v) is 1.71. The topological polar surface area (TPSA) is 61.0 Å². The summed E-state index contributed by atoms with van der Waals surface area (Å²) >= 11 is 6.75. The number of nitrogens with two attached hydrogens (primary N) is 1. The summed E-state index contributed by atoms with van der Waals surface area (Å²) < 4.78 is 18.4. The van der Waals surface area contributed by atoms with Crippen molar-refractivity contribution in [3.63, 3.8) is 0 Å². The third-order valence-corrected chi connectivity index (χ3v) is 2.85. The second-order valence-electron chi connectivity index (χ2n) is 2.84. The van der Waals surface area contributed by atoms with Gasteiger partial charge in [-0.15, -0.1) is 5.10 Å². The van der Waals surface area contributed by atoms with Crippen LogP contribution < -0.4 is 10.5 Å². The summed E-state index contributed by atoms with van der Waals surface area (Å²) in [4.78, 5) is 0. The van der Waals surface area contributed by atoms with E-state index in [0.29, 0.717) is 22.5 Å². The van der Waals surface area contributed by atoms with E-state index < -0.39 is 5.82 Å². The van der Waals surface area contributed by atoms with Crippen molar-refractivity contribution in [3.8, 4) is 10.9 Å². The summed E-state index contributed by atoms with van der Waals surface area (Å²) in [5, 5.41) is 8.54. The van der Waals surface area contributed by atoms with Gasteiger partial charge < -0.3 is 10.5 Å². The minimum atomic E-state index is -0.539. The molecule has 0 spiro atoms. The molecule has 0 aliphatic rings. The summed E-state index contributed by atoms with van der Waals surface area (Å²) in [6.07, 6.45) is 0. The molecule has 1 aromatic heterocycles. The van der Waals surface area contributed by atoms with E-state index in [1.807, 2.05) is 0 Å². The number of halogens is 2. The molecule has 0 atom stereocenters. The van der Waals surface area contributed by atoms with Gasteiger partial charge in [0.25, 0.3) is 5.19 Å². The molecule has 2 rings (SSSR count). The largest absolute Gasteiger partial charge is 0.430 e. The van der Waals surface area contributed by atoms with Crippen LogP contribution in [0.15, 0.2) is 18.2 Å². The molecule has 0 aliphatic heterocycles. The molecule has 1 heterocycles. The van der Waals surface area contributed by atoms with E-state index in [0.717, 1.165) is 0 Å². The lowest BCUT2D eigenvalue weighted by Crippen LogP contribution is -1.94. The van der Waals surface area contributed by atoms with Crippen LogP contribution in [0.3, 0.4) is 0 Å². The molecule has 0 unspecified atom stereocenters. The quantitative estimate of drug-likeness (QED) is 0.920. The molecule has 1 aromatic carbocycles. The highest BCUT2D eigenvalue weighted by Crippen LogP contribution is 2.27. The first-order chi connectivity index (χ1) is 7.69. The van der Waals surface area contributed by atoms with Crippen molar-refractivity contribution in [3.05, 3.63) is 34.0 Å². The monoisotopic (exact) mass is 259 g/mol. The van der Waals surface area contributed by atoms with E-state index >= 15 is 0 Å². The Bertz CT molecular complexity index is 505. The van der Waals surface area contributed by atoms with Crippen LogP contribution in [-0.2, 0) is 6.54 Å². The van der Waals surface area contributed by atoms with Gasteiger partial charge in [-0.25, -0.2) is 4.39 Å². The molecule has 84 valence electrons. The number of aromatic nitrogens is 2. The molecule has 0 fully saturated rings. The van der Waals surface area contributed by atoms with Crippen molar-refractivity contribution < 1.29 is 9.13 Å². The molecule has 7 heteroatoms. The Kier molecular flexibility index (Phi) is 3.33. The standard InChI is InChI=1S/C9H7ClFN3OS/c10-6-2-1-5(3-7(6)11)15-9-14-13-8(4-12)16-9/h1-3H,4,12H2.